The van der Waals surface area contributed by atoms with Crippen molar-refractivity contribution in [1.82, 2.24) is 19.3 Å². The van der Waals surface area contributed by atoms with E-state index in [1.54, 1.807) is 10.8 Å². The second-order valence-corrected chi connectivity index (χ2v) is 7.72. The molecule has 2 aromatic heterocycles. The molecule has 1 saturated carbocycles. The van der Waals surface area contributed by atoms with Crippen LogP contribution in [-0.2, 0) is 0 Å². The van der Waals surface area contributed by atoms with E-state index in [1.165, 1.54) is 37.8 Å². The molecule has 2 aromatic rings. The van der Waals surface area contributed by atoms with Crippen LogP contribution in [0.2, 0.25) is 5.15 Å². The van der Waals surface area contributed by atoms with Gasteiger partial charge in [-0.15, -0.1) is 0 Å². The number of nitrogens with zero attached hydrogens (tertiary/aromatic N) is 4. The Morgan fingerprint density at radius 1 is 1.39 bits per heavy atom. The van der Waals surface area contributed by atoms with Crippen molar-refractivity contribution in [2.24, 2.45) is 10.6 Å². The van der Waals surface area contributed by atoms with E-state index in [0.29, 0.717) is 16.6 Å². The Kier molecular flexibility index (Phi) is 3.91. The number of fused-ring (bicyclic) bond motifs is 1. The van der Waals surface area contributed by atoms with E-state index in [4.69, 9.17) is 16.7 Å². The third kappa shape index (κ3) is 2.59. The molecule has 4 rings (SSSR count). The largest absolute Gasteiger partial charge is 0.354 e. The summed E-state index contributed by atoms with van der Waals surface area (Å²) in [6.07, 6.45) is 6.51. The summed E-state index contributed by atoms with van der Waals surface area (Å²) in [6, 6.07) is 2.51. The summed E-state index contributed by atoms with van der Waals surface area (Å²) in [4.78, 5) is 6.90. The molecular formula is C15H21ClN6S. The molecule has 3 heterocycles. The number of nitrogens with one attached hydrogen (secondary N) is 1. The number of hydrogen-bond donors (Lipinski definition) is 2. The highest BCUT2D eigenvalue weighted by molar-refractivity contribution is 7.95. The van der Waals surface area contributed by atoms with Crippen LogP contribution in [0, 0.1) is 12.3 Å². The lowest BCUT2D eigenvalue weighted by atomic mass is 9.67. The van der Waals surface area contributed by atoms with Crippen molar-refractivity contribution in [3.05, 3.63) is 23.1 Å². The number of aromatic nitrogens is 3. The number of rotatable bonds is 3. The molecule has 1 spiro atoms. The normalized spacial score (nSPS) is 21.1. The van der Waals surface area contributed by atoms with E-state index in [-0.39, 0.29) is 0 Å². The van der Waals surface area contributed by atoms with Gasteiger partial charge in [-0.2, -0.15) is 5.10 Å². The number of anilines is 1. The van der Waals surface area contributed by atoms with E-state index < -0.39 is 0 Å². The molecule has 0 aromatic carbocycles. The van der Waals surface area contributed by atoms with Gasteiger partial charge in [0.05, 0.1) is 0 Å². The van der Waals surface area contributed by atoms with Gasteiger partial charge in [-0.05, 0) is 44.2 Å². The molecule has 0 radical (unpaired) electrons. The summed E-state index contributed by atoms with van der Waals surface area (Å²) in [5, 5.41) is 10.4. The Bertz CT molecular complexity index is 716. The van der Waals surface area contributed by atoms with Gasteiger partial charge in [-0.1, -0.05) is 11.6 Å². The summed E-state index contributed by atoms with van der Waals surface area (Å²) >= 11 is 7.48. The maximum Gasteiger partial charge on any atom is 0.156 e. The minimum atomic E-state index is 0.448. The Hall–Kier alpha value is -1.02. The highest BCUT2D eigenvalue weighted by Crippen LogP contribution is 2.46. The van der Waals surface area contributed by atoms with Crippen LogP contribution in [-0.4, -0.2) is 33.7 Å². The van der Waals surface area contributed by atoms with Crippen LogP contribution in [0.25, 0.3) is 5.52 Å². The quantitative estimate of drug-likeness (QED) is 0.827. The third-order valence-corrected chi connectivity index (χ3v) is 6.05. The smallest absolute Gasteiger partial charge is 0.156 e. The summed E-state index contributed by atoms with van der Waals surface area (Å²) in [7, 11) is 0. The lowest BCUT2D eigenvalue weighted by Crippen LogP contribution is -2.59. The zero-order chi connectivity index (χ0) is 16.0. The van der Waals surface area contributed by atoms with E-state index in [1.807, 2.05) is 6.07 Å². The Labute approximate surface area is 145 Å². The zero-order valence-electron chi connectivity index (χ0n) is 13.1. The van der Waals surface area contributed by atoms with Crippen LogP contribution < -0.4 is 14.8 Å². The minimum Gasteiger partial charge on any atom is -0.354 e. The SMILES string of the molecule is Cc1cc(Cl)n2ncnc(N3CC4(CCC(NSN)CC4)C3)c12. The van der Waals surface area contributed by atoms with Crippen LogP contribution in [0.15, 0.2) is 12.4 Å². The molecule has 2 fully saturated rings. The van der Waals surface area contributed by atoms with Crippen molar-refractivity contribution in [3.8, 4) is 0 Å². The molecule has 0 bridgehead atoms. The van der Waals surface area contributed by atoms with Gasteiger partial charge in [-0.3, -0.25) is 5.14 Å². The van der Waals surface area contributed by atoms with Crippen molar-refractivity contribution < 1.29 is 0 Å². The number of aryl methyl sites for hydroxylation is 1. The Balaban J connectivity index is 1.51. The van der Waals surface area contributed by atoms with Crippen LogP contribution >= 0.6 is 23.7 Å². The molecule has 0 atom stereocenters. The van der Waals surface area contributed by atoms with Crippen molar-refractivity contribution in [2.45, 2.75) is 38.6 Å². The Morgan fingerprint density at radius 3 is 2.83 bits per heavy atom. The predicted molar refractivity (Wildman–Crippen MR) is 94.6 cm³/mol. The maximum atomic E-state index is 6.24. The average molecular weight is 353 g/mol. The van der Waals surface area contributed by atoms with Gasteiger partial charge in [0.1, 0.15) is 17.0 Å². The lowest BCUT2D eigenvalue weighted by molar-refractivity contribution is 0.126. The number of nitrogens with two attached hydrogens (primary N) is 1. The lowest BCUT2D eigenvalue weighted by Gasteiger charge is -2.54. The van der Waals surface area contributed by atoms with Crippen molar-refractivity contribution >= 4 is 35.1 Å². The van der Waals surface area contributed by atoms with Crippen LogP contribution in [0.5, 0.6) is 0 Å². The molecule has 2 aliphatic rings. The fourth-order valence-electron chi connectivity index (χ4n) is 4.06. The van der Waals surface area contributed by atoms with Crippen LogP contribution in [0.1, 0.15) is 31.2 Å². The van der Waals surface area contributed by atoms with Crippen molar-refractivity contribution in [2.75, 3.05) is 18.0 Å². The van der Waals surface area contributed by atoms with Gasteiger partial charge in [0.2, 0.25) is 0 Å². The minimum absolute atomic E-state index is 0.448. The first kappa shape index (κ1) is 15.5. The molecular weight excluding hydrogens is 332 g/mol. The standard InChI is InChI=1S/C15H21ClN6S/c1-10-6-12(16)22-13(10)14(18-9-19-22)21-7-15(8-21)4-2-11(3-5-15)20-23-17/h6,9,11,20H,2-5,7-8,17H2,1H3. The van der Waals surface area contributed by atoms with Gasteiger partial charge in [0.15, 0.2) is 5.82 Å². The average Bonchev–Trinajstić information content (AvgIpc) is 2.81. The molecule has 23 heavy (non-hydrogen) atoms. The monoisotopic (exact) mass is 352 g/mol. The topological polar surface area (TPSA) is 71.5 Å². The second kappa shape index (κ2) is 5.81. The maximum absolute atomic E-state index is 6.24. The molecule has 6 nitrogen and oxygen atoms in total. The summed E-state index contributed by atoms with van der Waals surface area (Å²) in [5.74, 6) is 1.01. The molecule has 0 unspecified atom stereocenters. The van der Waals surface area contributed by atoms with E-state index >= 15 is 0 Å². The molecule has 8 heteroatoms. The van der Waals surface area contributed by atoms with Gasteiger partial charge in [0, 0.05) is 36.7 Å². The Morgan fingerprint density at radius 2 is 2.13 bits per heavy atom. The van der Waals surface area contributed by atoms with Crippen molar-refractivity contribution in [3.63, 3.8) is 0 Å². The van der Waals surface area contributed by atoms with Gasteiger partial charge in [0.25, 0.3) is 0 Å². The summed E-state index contributed by atoms with van der Waals surface area (Å²) in [5.41, 5.74) is 2.60. The van der Waals surface area contributed by atoms with E-state index in [9.17, 15) is 0 Å². The first-order valence-electron chi connectivity index (χ1n) is 7.97. The van der Waals surface area contributed by atoms with Gasteiger partial charge in [-0.25, -0.2) is 14.2 Å². The molecule has 1 saturated heterocycles. The third-order valence-electron chi connectivity index (χ3n) is 5.32. The fraction of sp³-hybridized carbons (Fsp3) is 0.600. The van der Waals surface area contributed by atoms with E-state index in [0.717, 1.165) is 30.0 Å². The fourth-order valence-corrected chi connectivity index (χ4v) is 4.78. The highest BCUT2D eigenvalue weighted by atomic mass is 35.5. The zero-order valence-corrected chi connectivity index (χ0v) is 14.7. The number of hydrogen-bond acceptors (Lipinski definition) is 6. The van der Waals surface area contributed by atoms with Gasteiger partial charge >= 0.3 is 0 Å². The van der Waals surface area contributed by atoms with Gasteiger partial charge < -0.3 is 4.90 Å². The molecule has 1 aliphatic heterocycles. The molecule has 1 aliphatic carbocycles. The molecule has 124 valence electrons. The summed E-state index contributed by atoms with van der Waals surface area (Å²) < 4.78 is 5.07. The molecule has 3 N–H and O–H groups in total. The van der Waals surface area contributed by atoms with Crippen molar-refractivity contribution in [1.29, 1.82) is 0 Å². The molecule has 0 amide bonds. The van der Waals surface area contributed by atoms with Crippen LogP contribution in [0.4, 0.5) is 5.82 Å². The summed E-state index contributed by atoms with van der Waals surface area (Å²) in [6.45, 7) is 4.21. The first-order chi connectivity index (χ1) is 11.1. The van der Waals surface area contributed by atoms with E-state index in [2.05, 4.69) is 26.6 Å². The predicted octanol–water partition coefficient (Wildman–Crippen LogP) is 2.55. The first-order valence-corrected chi connectivity index (χ1v) is 9.23. The highest BCUT2D eigenvalue weighted by Gasteiger charge is 2.46. The second-order valence-electron chi connectivity index (χ2n) is 6.86. The van der Waals surface area contributed by atoms with Crippen LogP contribution in [0.3, 0.4) is 0 Å². The number of halogens is 1.